The summed E-state index contributed by atoms with van der Waals surface area (Å²) < 4.78 is 33.9. The van der Waals surface area contributed by atoms with Crippen molar-refractivity contribution in [3.63, 3.8) is 0 Å². The molecule has 0 aliphatic carbocycles. The Balaban J connectivity index is 2.03. The largest absolute Gasteiger partial charge is 0.507 e. The number of carbonyl (C=O) groups is 2. The molecule has 0 bridgehead atoms. The molecule has 33 heavy (non-hydrogen) atoms. The molecule has 0 spiro atoms. The number of aromatic nitrogens is 1. The van der Waals surface area contributed by atoms with E-state index in [2.05, 4.69) is 4.98 Å². The number of methoxy groups -OCH3 is 1. The normalized spacial score (nSPS) is 17.5. The summed E-state index contributed by atoms with van der Waals surface area (Å²) >= 11 is 6.24. The molecule has 1 saturated heterocycles. The maximum atomic E-state index is 14.7. The molecule has 1 fully saturated rings. The first-order chi connectivity index (χ1) is 15.7. The van der Waals surface area contributed by atoms with Gasteiger partial charge in [0.2, 0.25) is 0 Å². The SMILES string of the molecule is COc1c(Cl)cc(C)cc1/C(O)=C1\C(=O)C(=O)N(c2cc(F)ccc2F)C1c1ccccn1. The number of ketones is 1. The van der Waals surface area contributed by atoms with Gasteiger partial charge in [-0.05, 0) is 48.9 Å². The van der Waals surface area contributed by atoms with Gasteiger partial charge in [0.1, 0.15) is 29.2 Å². The van der Waals surface area contributed by atoms with Crippen molar-refractivity contribution < 1.29 is 28.2 Å². The molecule has 1 aromatic heterocycles. The van der Waals surface area contributed by atoms with Crippen LogP contribution in [-0.2, 0) is 9.59 Å². The second-order valence-electron chi connectivity index (χ2n) is 7.35. The molecule has 4 rings (SSSR count). The number of benzene rings is 2. The summed E-state index contributed by atoms with van der Waals surface area (Å²) in [6.07, 6.45) is 1.42. The van der Waals surface area contributed by atoms with E-state index in [-0.39, 0.29) is 27.6 Å². The van der Waals surface area contributed by atoms with Gasteiger partial charge in [-0.3, -0.25) is 19.5 Å². The van der Waals surface area contributed by atoms with Crippen molar-refractivity contribution >= 4 is 34.7 Å². The van der Waals surface area contributed by atoms with E-state index in [4.69, 9.17) is 16.3 Å². The fourth-order valence-corrected chi connectivity index (χ4v) is 4.18. The van der Waals surface area contributed by atoms with Crippen LogP contribution in [0.1, 0.15) is 22.9 Å². The number of anilines is 1. The van der Waals surface area contributed by atoms with Gasteiger partial charge in [0.25, 0.3) is 11.7 Å². The summed E-state index contributed by atoms with van der Waals surface area (Å²) in [5.41, 5.74) is 0.0753. The first kappa shape index (κ1) is 22.4. The number of hydrogen-bond donors (Lipinski definition) is 1. The number of aliphatic hydroxyl groups is 1. The van der Waals surface area contributed by atoms with Gasteiger partial charge in [0, 0.05) is 12.3 Å². The number of hydrogen-bond acceptors (Lipinski definition) is 5. The molecule has 1 amide bonds. The van der Waals surface area contributed by atoms with Gasteiger partial charge in [0.15, 0.2) is 0 Å². The highest BCUT2D eigenvalue weighted by Gasteiger charge is 2.48. The topological polar surface area (TPSA) is 79.7 Å². The summed E-state index contributed by atoms with van der Waals surface area (Å²) in [5.74, 6) is -4.45. The molecule has 0 radical (unpaired) electrons. The van der Waals surface area contributed by atoms with E-state index in [9.17, 15) is 23.5 Å². The standard InChI is InChI=1S/C24H17ClF2N2O4/c1-12-9-14(23(33-2)15(25)10-12)21(30)19-20(17-5-3-4-8-28-17)29(24(32)22(19)31)18-11-13(26)6-7-16(18)27/h3-11,20,30H,1-2H3/b21-19+. The average Bonchev–Trinajstić information content (AvgIpc) is 3.05. The van der Waals surface area contributed by atoms with Gasteiger partial charge in [-0.25, -0.2) is 8.78 Å². The summed E-state index contributed by atoms with van der Waals surface area (Å²) in [7, 11) is 1.34. The number of halogens is 3. The van der Waals surface area contributed by atoms with E-state index in [1.165, 1.54) is 25.4 Å². The van der Waals surface area contributed by atoms with E-state index in [0.29, 0.717) is 5.56 Å². The lowest BCUT2D eigenvalue weighted by atomic mass is 9.97. The van der Waals surface area contributed by atoms with Gasteiger partial charge in [-0.1, -0.05) is 17.7 Å². The maximum Gasteiger partial charge on any atom is 0.300 e. The van der Waals surface area contributed by atoms with Crippen LogP contribution in [0.2, 0.25) is 5.02 Å². The molecular weight excluding hydrogens is 454 g/mol. The van der Waals surface area contributed by atoms with Crippen molar-refractivity contribution in [2.45, 2.75) is 13.0 Å². The van der Waals surface area contributed by atoms with Crippen LogP contribution in [-0.4, -0.2) is 28.9 Å². The smallest absolute Gasteiger partial charge is 0.300 e. The van der Waals surface area contributed by atoms with E-state index >= 15 is 0 Å². The van der Waals surface area contributed by atoms with Gasteiger partial charge >= 0.3 is 0 Å². The zero-order valence-corrected chi connectivity index (χ0v) is 18.2. The molecule has 1 aliphatic heterocycles. The van der Waals surface area contributed by atoms with E-state index < -0.39 is 40.8 Å². The molecule has 1 N–H and O–H groups in total. The lowest BCUT2D eigenvalue weighted by molar-refractivity contribution is -0.132. The Labute approximate surface area is 192 Å². The fourth-order valence-electron chi connectivity index (χ4n) is 3.83. The summed E-state index contributed by atoms with van der Waals surface area (Å²) in [5, 5.41) is 11.4. The third-order valence-electron chi connectivity index (χ3n) is 5.23. The van der Waals surface area contributed by atoms with Crippen LogP contribution in [0.3, 0.4) is 0 Å². The molecule has 2 heterocycles. The number of carbonyl (C=O) groups excluding carboxylic acids is 2. The number of nitrogens with zero attached hydrogens (tertiary/aromatic N) is 2. The molecule has 168 valence electrons. The lowest BCUT2D eigenvalue weighted by Crippen LogP contribution is -2.30. The number of Topliss-reactive ketones (excluding diaryl/α,β-unsaturated/α-hetero) is 1. The van der Waals surface area contributed by atoms with E-state index in [0.717, 1.165) is 23.1 Å². The van der Waals surface area contributed by atoms with Crippen molar-refractivity contribution in [2.24, 2.45) is 0 Å². The highest BCUT2D eigenvalue weighted by atomic mass is 35.5. The highest BCUT2D eigenvalue weighted by molar-refractivity contribution is 6.51. The Morgan fingerprint density at radius 1 is 1.15 bits per heavy atom. The minimum absolute atomic E-state index is 0.0705. The Kier molecular flexibility index (Phi) is 5.86. The van der Waals surface area contributed by atoms with E-state index in [1.807, 2.05) is 0 Å². The lowest BCUT2D eigenvalue weighted by Gasteiger charge is -2.25. The molecule has 1 unspecified atom stereocenters. The molecule has 6 nitrogen and oxygen atoms in total. The van der Waals surface area contributed by atoms with Gasteiger partial charge in [0.05, 0.1) is 34.7 Å². The minimum atomic E-state index is -1.33. The van der Waals surface area contributed by atoms with Crippen LogP contribution in [0.4, 0.5) is 14.5 Å². The second kappa shape index (κ2) is 8.63. The maximum absolute atomic E-state index is 14.7. The van der Waals surface area contributed by atoms with Gasteiger partial charge in [-0.15, -0.1) is 0 Å². The minimum Gasteiger partial charge on any atom is -0.507 e. The molecular formula is C24H17ClF2N2O4. The summed E-state index contributed by atoms with van der Waals surface area (Å²) in [6, 6.07) is 9.09. The number of rotatable bonds is 4. The third kappa shape index (κ3) is 3.82. The Hall–Kier alpha value is -3.78. The Bertz CT molecular complexity index is 1310. The predicted octanol–water partition coefficient (Wildman–Crippen LogP) is 4.96. The molecule has 9 heteroatoms. The Morgan fingerprint density at radius 3 is 2.58 bits per heavy atom. The first-order valence-electron chi connectivity index (χ1n) is 9.76. The molecule has 1 atom stereocenters. The van der Waals surface area contributed by atoms with Crippen LogP contribution in [0.15, 0.2) is 60.3 Å². The van der Waals surface area contributed by atoms with Crippen LogP contribution in [0, 0.1) is 18.6 Å². The highest BCUT2D eigenvalue weighted by Crippen LogP contribution is 2.44. The molecule has 0 saturated carbocycles. The van der Waals surface area contributed by atoms with Crippen LogP contribution in [0.25, 0.3) is 5.76 Å². The average molecular weight is 471 g/mol. The molecule has 1 aliphatic rings. The number of pyridine rings is 1. The van der Waals surface area contributed by atoms with Crippen molar-refractivity contribution in [3.8, 4) is 5.75 Å². The van der Waals surface area contributed by atoms with Crippen molar-refractivity contribution in [2.75, 3.05) is 12.0 Å². The van der Waals surface area contributed by atoms with Gasteiger partial charge < -0.3 is 9.84 Å². The summed E-state index contributed by atoms with van der Waals surface area (Å²) in [6.45, 7) is 1.72. The zero-order valence-electron chi connectivity index (χ0n) is 17.5. The number of aryl methyl sites for hydroxylation is 1. The number of ether oxygens (including phenoxy) is 1. The molecule has 3 aromatic rings. The Morgan fingerprint density at radius 2 is 1.91 bits per heavy atom. The molecule has 2 aromatic carbocycles. The number of aliphatic hydroxyl groups excluding tert-OH is 1. The van der Waals surface area contributed by atoms with Crippen molar-refractivity contribution in [1.29, 1.82) is 0 Å². The van der Waals surface area contributed by atoms with Crippen LogP contribution >= 0.6 is 11.6 Å². The monoisotopic (exact) mass is 470 g/mol. The van der Waals surface area contributed by atoms with E-state index in [1.54, 1.807) is 25.1 Å². The van der Waals surface area contributed by atoms with Crippen molar-refractivity contribution in [3.05, 3.63) is 93.8 Å². The van der Waals surface area contributed by atoms with Crippen molar-refractivity contribution in [1.82, 2.24) is 4.98 Å². The van der Waals surface area contributed by atoms with Crippen LogP contribution in [0.5, 0.6) is 5.75 Å². The first-order valence-corrected chi connectivity index (χ1v) is 10.1. The predicted molar refractivity (Wildman–Crippen MR) is 118 cm³/mol. The van der Waals surface area contributed by atoms with Gasteiger partial charge in [-0.2, -0.15) is 0 Å². The summed E-state index contributed by atoms with van der Waals surface area (Å²) in [4.78, 5) is 31.2. The third-order valence-corrected chi connectivity index (χ3v) is 5.51. The van der Waals surface area contributed by atoms with Crippen LogP contribution < -0.4 is 9.64 Å². The number of amides is 1. The zero-order chi connectivity index (χ0) is 23.9. The fraction of sp³-hybridized carbons (Fsp3) is 0.125. The quantitative estimate of drug-likeness (QED) is 0.331. The second-order valence-corrected chi connectivity index (χ2v) is 7.75.